The lowest BCUT2D eigenvalue weighted by atomic mass is 10.3. The molecule has 0 aliphatic heterocycles. The number of amides is 1. The van der Waals surface area contributed by atoms with Crippen LogP contribution in [0.5, 0.6) is 5.75 Å². The molecular weight excluding hydrogens is 220 g/mol. The van der Waals surface area contributed by atoms with Crippen molar-refractivity contribution >= 4 is 11.6 Å². The van der Waals surface area contributed by atoms with E-state index in [1.54, 1.807) is 35.3 Å². The molecule has 2 aromatic rings. The minimum absolute atomic E-state index is 0.124. The van der Waals surface area contributed by atoms with Crippen LogP contribution in [0.3, 0.4) is 0 Å². The summed E-state index contributed by atoms with van der Waals surface area (Å²) in [6, 6.07) is 6.42. The lowest BCUT2D eigenvalue weighted by molar-refractivity contribution is -0.116. The van der Waals surface area contributed by atoms with Crippen molar-refractivity contribution in [3.8, 4) is 5.75 Å². The average molecular weight is 232 g/mol. The fourth-order valence-corrected chi connectivity index (χ4v) is 1.38. The van der Waals surface area contributed by atoms with Gasteiger partial charge in [-0.3, -0.25) is 9.48 Å². The van der Waals surface area contributed by atoms with Crippen LogP contribution < -0.4 is 5.32 Å². The molecule has 2 N–H and O–H groups in total. The van der Waals surface area contributed by atoms with Crippen LogP contribution in [0.4, 0.5) is 5.69 Å². The first kappa shape index (κ1) is 11.1. The largest absolute Gasteiger partial charge is 0.508 e. The summed E-state index contributed by atoms with van der Waals surface area (Å²) >= 11 is 0. The number of nitrogens with one attached hydrogen (secondary N) is 1. The van der Waals surface area contributed by atoms with Gasteiger partial charge in [0.15, 0.2) is 0 Å². The van der Waals surface area contributed by atoms with Gasteiger partial charge in [0.05, 0.1) is 12.7 Å². The van der Waals surface area contributed by atoms with Crippen LogP contribution in [-0.4, -0.2) is 26.0 Å². The summed E-state index contributed by atoms with van der Waals surface area (Å²) in [7, 11) is 0. The Morgan fingerprint density at radius 3 is 3.06 bits per heavy atom. The highest BCUT2D eigenvalue weighted by atomic mass is 16.3. The quantitative estimate of drug-likeness (QED) is 0.824. The van der Waals surface area contributed by atoms with E-state index in [4.69, 9.17) is 0 Å². The maximum atomic E-state index is 11.6. The van der Waals surface area contributed by atoms with Crippen molar-refractivity contribution < 1.29 is 9.90 Å². The van der Waals surface area contributed by atoms with Crippen molar-refractivity contribution in [2.24, 2.45) is 0 Å². The monoisotopic (exact) mass is 232 g/mol. The minimum Gasteiger partial charge on any atom is -0.508 e. The normalized spacial score (nSPS) is 10.1. The summed E-state index contributed by atoms with van der Waals surface area (Å²) < 4.78 is 1.59. The molecule has 0 aliphatic carbocycles. The third kappa shape index (κ3) is 3.30. The fraction of sp³-hybridized carbons (Fsp3) is 0.182. The van der Waals surface area contributed by atoms with Gasteiger partial charge in [-0.1, -0.05) is 11.3 Å². The predicted molar refractivity (Wildman–Crippen MR) is 61.4 cm³/mol. The summed E-state index contributed by atoms with van der Waals surface area (Å²) in [5.41, 5.74) is 0.577. The molecule has 6 heteroatoms. The molecule has 0 atom stereocenters. The van der Waals surface area contributed by atoms with E-state index in [0.29, 0.717) is 18.7 Å². The molecule has 0 unspecified atom stereocenters. The number of aryl methyl sites for hydroxylation is 1. The smallest absolute Gasteiger partial charge is 0.226 e. The molecule has 2 rings (SSSR count). The zero-order valence-corrected chi connectivity index (χ0v) is 9.08. The van der Waals surface area contributed by atoms with Crippen molar-refractivity contribution in [2.75, 3.05) is 5.32 Å². The van der Waals surface area contributed by atoms with Crippen LogP contribution in [0.15, 0.2) is 36.7 Å². The molecule has 0 aliphatic rings. The fourth-order valence-electron chi connectivity index (χ4n) is 1.38. The number of phenolic OH excluding ortho intramolecular Hbond substituents is 1. The Hall–Kier alpha value is -2.37. The number of rotatable bonds is 4. The number of hydrogen-bond donors (Lipinski definition) is 2. The molecule has 0 bridgehead atoms. The van der Waals surface area contributed by atoms with E-state index in [-0.39, 0.29) is 11.7 Å². The number of anilines is 1. The number of phenols is 1. The van der Waals surface area contributed by atoms with Gasteiger partial charge < -0.3 is 10.4 Å². The van der Waals surface area contributed by atoms with E-state index >= 15 is 0 Å². The van der Waals surface area contributed by atoms with Crippen LogP contribution in [-0.2, 0) is 11.3 Å². The summed E-state index contributed by atoms with van der Waals surface area (Å²) in [4.78, 5) is 11.6. The second-order valence-corrected chi connectivity index (χ2v) is 3.51. The molecule has 0 spiro atoms. The van der Waals surface area contributed by atoms with Gasteiger partial charge >= 0.3 is 0 Å². The summed E-state index contributed by atoms with van der Waals surface area (Å²) in [5, 5.41) is 19.3. The SMILES string of the molecule is O=C(CCn1ccnn1)Nc1cccc(O)c1. The molecule has 1 heterocycles. The molecule has 0 radical (unpaired) electrons. The molecule has 17 heavy (non-hydrogen) atoms. The van der Waals surface area contributed by atoms with Gasteiger partial charge in [-0.25, -0.2) is 0 Å². The highest BCUT2D eigenvalue weighted by molar-refractivity contribution is 5.90. The lowest BCUT2D eigenvalue weighted by Gasteiger charge is -2.05. The van der Waals surface area contributed by atoms with E-state index in [2.05, 4.69) is 15.6 Å². The zero-order valence-electron chi connectivity index (χ0n) is 9.08. The number of carbonyl (C=O) groups is 1. The maximum absolute atomic E-state index is 11.6. The van der Waals surface area contributed by atoms with Gasteiger partial charge in [0.25, 0.3) is 0 Å². The molecular formula is C11H12N4O2. The van der Waals surface area contributed by atoms with Crippen molar-refractivity contribution in [1.82, 2.24) is 15.0 Å². The van der Waals surface area contributed by atoms with Crippen molar-refractivity contribution in [3.05, 3.63) is 36.7 Å². The summed E-state index contributed by atoms with van der Waals surface area (Å²) in [6.07, 6.45) is 3.56. The Labute approximate surface area is 97.9 Å². The second kappa shape index (κ2) is 5.11. The van der Waals surface area contributed by atoms with Crippen molar-refractivity contribution in [3.63, 3.8) is 0 Å². The predicted octanol–water partition coefficient (Wildman–Crippen LogP) is 1.01. The van der Waals surface area contributed by atoms with Crippen LogP contribution >= 0.6 is 0 Å². The molecule has 0 fully saturated rings. The van der Waals surface area contributed by atoms with Gasteiger partial charge in [-0.05, 0) is 12.1 Å². The molecule has 88 valence electrons. The van der Waals surface area contributed by atoms with Gasteiger partial charge in [0, 0.05) is 24.4 Å². The maximum Gasteiger partial charge on any atom is 0.226 e. The second-order valence-electron chi connectivity index (χ2n) is 3.51. The Kier molecular flexibility index (Phi) is 3.34. The third-order valence-corrected chi connectivity index (χ3v) is 2.17. The molecule has 1 aromatic carbocycles. The van der Waals surface area contributed by atoms with Gasteiger partial charge in [-0.15, -0.1) is 5.10 Å². The number of carbonyl (C=O) groups excluding carboxylic acids is 1. The summed E-state index contributed by atoms with van der Waals surface area (Å²) in [5.74, 6) is -0.00910. The van der Waals surface area contributed by atoms with E-state index in [0.717, 1.165) is 0 Å². The minimum atomic E-state index is -0.133. The number of benzene rings is 1. The number of nitrogens with zero attached hydrogens (tertiary/aromatic N) is 3. The standard InChI is InChI=1S/C11H12N4O2/c16-10-3-1-2-9(8-10)13-11(17)4-6-15-7-5-12-14-15/h1-3,5,7-8,16H,4,6H2,(H,13,17). The van der Waals surface area contributed by atoms with Crippen molar-refractivity contribution in [1.29, 1.82) is 0 Å². The van der Waals surface area contributed by atoms with E-state index in [1.807, 2.05) is 0 Å². The highest BCUT2D eigenvalue weighted by Crippen LogP contribution is 2.15. The Bertz CT molecular complexity index is 496. The van der Waals surface area contributed by atoms with E-state index in [1.165, 1.54) is 6.07 Å². The zero-order chi connectivity index (χ0) is 12.1. The van der Waals surface area contributed by atoms with Crippen molar-refractivity contribution in [2.45, 2.75) is 13.0 Å². The van der Waals surface area contributed by atoms with E-state index in [9.17, 15) is 9.90 Å². The Morgan fingerprint density at radius 2 is 2.35 bits per heavy atom. The van der Waals surface area contributed by atoms with Crippen LogP contribution in [0.2, 0.25) is 0 Å². The third-order valence-electron chi connectivity index (χ3n) is 2.17. The Morgan fingerprint density at radius 1 is 1.47 bits per heavy atom. The highest BCUT2D eigenvalue weighted by Gasteiger charge is 2.03. The molecule has 0 saturated carbocycles. The molecule has 0 saturated heterocycles. The Balaban J connectivity index is 1.85. The van der Waals surface area contributed by atoms with Crippen LogP contribution in [0.25, 0.3) is 0 Å². The van der Waals surface area contributed by atoms with E-state index < -0.39 is 0 Å². The number of hydrogen-bond acceptors (Lipinski definition) is 4. The van der Waals surface area contributed by atoms with Crippen LogP contribution in [0, 0.1) is 0 Å². The number of aromatic hydroxyl groups is 1. The van der Waals surface area contributed by atoms with Gasteiger partial charge in [-0.2, -0.15) is 0 Å². The lowest BCUT2D eigenvalue weighted by Crippen LogP contribution is -2.14. The molecule has 1 amide bonds. The molecule has 6 nitrogen and oxygen atoms in total. The van der Waals surface area contributed by atoms with Gasteiger partial charge in [0.2, 0.25) is 5.91 Å². The first-order valence-corrected chi connectivity index (χ1v) is 5.17. The number of aromatic nitrogens is 3. The van der Waals surface area contributed by atoms with Gasteiger partial charge in [0.1, 0.15) is 5.75 Å². The van der Waals surface area contributed by atoms with Crippen LogP contribution in [0.1, 0.15) is 6.42 Å². The first-order valence-electron chi connectivity index (χ1n) is 5.17. The first-order chi connectivity index (χ1) is 8.24. The summed E-state index contributed by atoms with van der Waals surface area (Å²) in [6.45, 7) is 0.477. The molecule has 1 aromatic heterocycles. The average Bonchev–Trinajstić information content (AvgIpc) is 2.79. The topological polar surface area (TPSA) is 80.0 Å².